The summed E-state index contributed by atoms with van der Waals surface area (Å²) in [7, 11) is 0. The number of amides is 1. The van der Waals surface area contributed by atoms with Gasteiger partial charge in [0.15, 0.2) is 5.60 Å². The Kier molecular flexibility index (Phi) is 4.65. The zero-order valence-electron chi connectivity index (χ0n) is 15.6. The number of nitrogens with one attached hydrogen (secondary N) is 1. The van der Waals surface area contributed by atoms with E-state index in [0.29, 0.717) is 18.7 Å². The SMILES string of the molecule is Cc1noc(C)c1CN1CC[C@@]2(CC(C(=O)NCc3cccnc3)=NO2)C1. The van der Waals surface area contributed by atoms with Crippen LogP contribution in [0.3, 0.4) is 0 Å². The first-order chi connectivity index (χ1) is 13.0. The van der Waals surface area contributed by atoms with Crippen molar-refractivity contribution in [3.8, 4) is 0 Å². The second-order valence-corrected chi connectivity index (χ2v) is 7.30. The summed E-state index contributed by atoms with van der Waals surface area (Å²) in [4.78, 5) is 24.5. The summed E-state index contributed by atoms with van der Waals surface area (Å²) in [5, 5.41) is 11.0. The molecule has 0 aliphatic carbocycles. The monoisotopic (exact) mass is 369 g/mol. The predicted octanol–water partition coefficient (Wildman–Crippen LogP) is 1.72. The van der Waals surface area contributed by atoms with Gasteiger partial charge >= 0.3 is 0 Å². The fraction of sp³-hybridized carbons (Fsp3) is 0.474. The standard InChI is InChI=1S/C19H23N5O3/c1-13-16(14(2)26-22-13)11-24-7-5-19(12-24)8-17(23-27-19)18(25)21-10-15-4-3-6-20-9-15/h3-4,6,9H,5,7-8,10-12H2,1-2H3,(H,21,25)/t19-/m1/s1. The molecule has 0 radical (unpaired) electrons. The third-order valence-electron chi connectivity index (χ3n) is 5.24. The third-order valence-corrected chi connectivity index (χ3v) is 5.24. The van der Waals surface area contributed by atoms with Crippen molar-refractivity contribution in [2.24, 2.45) is 5.16 Å². The molecule has 1 spiro atoms. The van der Waals surface area contributed by atoms with Gasteiger partial charge in [-0.2, -0.15) is 0 Å². The second-order valence-electron chi connectivity index (χ2n) is 7.30. The van der Waals surface area contributed by atoms with Crippen LogP contribution in [-0.2, 0) is 22.7 Å². The summed E-state index contributed by atoms with van der Waals surface area (Å²) < 4.78 is 5.25. The summed E-state index contributed by atoms with van der Waals surface area (Å²) in [5.41, 5.74) is 3.05. The van der Waals surface area contributed by atoms with Crippen LogP contribution >= 0.6 is 0 Å². The van der Waals surface area contributed by atoms with Gasteiger partial charge in [-0.3, -0.25) is 14.7 Å². The molecule has 0 saturated carbocycles. The topological polar surface area (TPSA) is 92.9 Å². The minimum atomic E-state index is -0.403. The van der Waals surface area contributed by atoms with Crippen molar-refractivity contribution in [2.75, 3.05) is 13.1 Å². The van der Waals surface area contributed by atoms with Crippen LogP contribution in [0, 0.1) is 13.8 Å². The Morgan fingerprint density at radius 2 is 2.30 bits per heavy atom. The lowest BCUT2D eigenvalue weighted by atomic mass is 9.96. The molecule has 2 aromatic heterocycles. The maximum Gasteiger partial charge on any atom is 0.269 e. The van der Waals surface area contributed by atoms with Gasteiger partial charge in [0.25, 0.3) is 5.91 Å². The van der Waals surface area contributed by atoms with Gasteiger partial charge in [-0.15, -0.1) is 0 Å². The minimum Gasteiger partial charge on any atom is -0.387 e. The largest absolute Gasteiger partial charge is 0.387 e. The summed E-state index contributed by atoms with van der Waals surface area (Å²) in [6.07, 6.45) is 4.82. The van der Waals surface area contributed by atoms with Crippen LogP contribution in [0.4, 0.5) is 0 Å². The molecule has 0 unspecified atom stereocenters. The van der Waals surface area contributed by atoms with Gasteiger partial charge in [-0.1, -0.05) is 16.4 Å². The van der Waals surface area contributed by atoms with Gasteiger partial charge in [-0.25, -0.2) is 0 Å². The molecule has 27 heavy (non-hydrogen) atoms. The van der Waals surface area contributed by atoms with Crippen LogP contribution in [-0.4, -0.2) is 45.3 Å². The summed E-state index contributed by atoms with van der Waals surface area (Å²) >= 11 is 0. The van der Waals surface area contributed by atoms with E-state index < -0.39 is 5.60 Å². The molecule has 1 saturated heterocycles. The maximum atomic E-state index is 12.4. The molecule has 8 nitrogen and oxygen atoms in total. The van der Waals surface area contributed by atoms with Crippen molar-refractivity contribution in [1.82, 2.24) is 20.4 Å². The normalized spacial score (nSPS) is 22.1. The number of pyridine rings is 1. The van der Waals surface area contributed by atoms with Gasteiger partial charge in [0.05, 0.1) is 5.69 Å². The van der Waals surface area contributed by atoms with Crippen LogP contribution in [0.5, 0.6) is 0 Å². The lowest BCUT2D eigenvalue weighted by Gasteiger charge is -2.21. The molecular weight excluding hydrogens is 346 g/mol. The first kappa shape index (κ1) is 17.7. The maximum absolute atomic E-state index is 12.4. The Balaban J connectivity index is 1.31. The second kappa shape index (κ2) is 7.11. The van der Waals surface area contributed by atoms with Crippen LogP contribution in [0.15, 0.2) is 34.2 Å². The smallest absolute Gasteiger partial charge is 0.269 e. The molecule has 4 rings (SSSR count). The molecular formula is C19H23N5O3. The van der Waals surface area contributed by atoms with Crippen molar-refractivity contribution in [3.63, 3.8) is 0 Å². The number of carbonyl (C=O) groups excluding carboxylic acids is 1. The summed E-state index contributed by atoms with van der Waals surface area (Å²) in [6, 6.07) is 3.77. The lowest BCUT2D eigenvalue weighted by Crippen LogP contribution is -2.36. The molecule has 0 bridgehead atoms. The number of oxime groups is 1. The molecule has 8 heteroatoms. The first-order valence-corrected chi connectivity index (χ1v) is 9.11. The Labute approximate surface area is 157 Å². The lowest BCUT2D eigenvalue weighted by molar-refractivity contribution is -0.115. The van der Waals surface area contributed by atoms with Gasteiger partial charge in [-0.05, 0) is 25.5 Å². The van der Waals surface area contributed by atoms with Crippen molar-refractivity contribution >= 4 is 11.6 Å². The van der Waals surface area contributed by atoms with Crippen LogP contribution in [0.25, 0.3) is 0 Å². The molecule has 1 fully saturated rings. The van der Waals surface area contributed by atoms with E-state index in [1.165, 1.54) is 0 Å². The van der Waals surface area contributed by atoms with E-state index in [1.54, 1.807) is 12.4 Å². The Bertz CT molecular complexity index is 844. The van der Waals surface area contributed by atoms with Gasteiger partial charge in [0.2, 0.25) is 0 Å². The minimum absolute atomic E-state index is 0.181. The van der Waals surface area contributed by atoms with Gasteiger partial charge < -0.3 is 14.7 Å². The highest BCUT2D eigenvalue weighted by Gasteiger charge is 2.46. The van der Waals surface area contributed by atoms with Crippen LogP contribution in [0.1, 0.15) is 35.4 Å². The quantitative estimate of drug-likeness (QED) is 0.863. The molecule has 2 aliphatic heterocycles. The molecule has 2 aromatic rings. The fourth-order valence-corrected chi connectivity index (χ4v) is 3.66. The third kappa shape index (κ3) is 3.71. The Morgan fingerprint density at radius 3 is 3.04 bits per heavy atom. The van der Waals surface area contributed by atoms with Crippen LogP contribution in [0.2, 0.25) is 0 Å². The number of hydrogen-bond donors (Lipinski definition) is 1. The van der Waals surface area contributed by atoms with Gasteiger partial charge in [0.1, 0.15) is 11.5 Å². The van der Waals surface area contributed by atoms with E-state index >= 15 is 0 Å². The average Bonchev–Trinajstić information content (AvgIpc) is 3.37. The zero-order chi connectivity index (χ0) is 18.9. The molecule has 142 valence electrons. The highest BCUT2D eigenvalue weighted by Crippen LogP contribution is 2.35. The molecule has 0 aromatic carbocycles. The molecule has 1 amide bonds. The van der Waals surface area contributed by atoms with Crippen LogP contribution < -0.4 is 5.32 Å². The molecule has 1 atom stereocenters. The summed E-state index contributed by atoms with van der Waals surface area (Å²) in [5.74, 6) is 0.674. The Hall–Kier alpha value is -2.74. The molecule has 4 heterocycles. The van der Waals surface area contributed by atoms with E-state index in [0.717, 1.165) is 48.6 Å². The highest BCUT2D eigenvalue weighted by atomic mass is 16.7. The molecule has 1 N–H and O–H groups in total. The number of aromatic nitrogens is 2. The highest BCUT2D eigenvalue weighted by molar-refractivity contribution is 6.39. The zero-order valence-corrected chi connectivity index (χ0v) is 15.6. The fourth-order valence-electron chi connectivity index (χ4n) is 3.66. The number of aryl methyl sites for hydroxylation is 2. The van der Waals surface area contributed by atoms with E-state index in [4.69, 9.17) is 9.36 Å². The van der Waals surface area contributed by atoms with Crippen molar-refractivity contribution in [3.05, 3.63) is 47.1 Å². The van der Waals surface area contributed by atoms with E-state index in [9.17, 15) is 4.79 Å². The van der Waals surface area contributed by atoms with Crippen molar-refractivity contribution in [2.45, 2.75) is 45.4 Å². The predicted molar refractivity (Wildman–Crippen MR) is 97.8 cm³/mol. The number of hydrogen-bond acceptors (Lipinski definition) is 7. The number of likely N-dealkylation sites (tertiary alicyclic amines) is 1. The van der Waals surface area contributed by atoms with Gasteiger partial charge in [0, 0.05) is 57.0 Å². The number of rotatable bonds is 5. The van der Waals surface area contributed by atoms with Crippen molar-refractivity contribution < 1.29 is 14.2 Å². The van der Waals surface area contributed by atoms with Crippen molar-refractivity contribution in [1.29, 1.82) is 0 Å². The van der Waals surface area contributed by atoms with E-state index in [2.05, 4.69) is 25.5 Å². The van der Waals surface area contributed by atoms with E-state index in [1.807, 2.05) is 26.0 Å². The first-order valence-electron chi connectivity index (χ1n) is 9.11. The number of nitrogens with zero attached hydrogens (tertiary/aromatic N) is 4. The van der Waals surface area contributed by atoms with E-state index in [-0.39, 0.29) is 5.91 Å². The Morgan fingerprint density at radius 1 is 1.41 bits per heavy atom. The number of carbonyl (C=O) groups is 1. The average molecular weight is 369 g/mol. The molecule has 2 aliphatic rings. The summed E-state index contributed by atoms with van der Waals surface area (Å²) in [6.45, 7) is 6.72.